The first-order chi connectivity index (χ1) is 11.9. The third-order valence-corrected chi connectivity index (χ3v) is 4.27. The molecular weight excluding hydrogens is 328 g/mol. The predicted molar refractivity (Wildman–Crippen MR) is 88.0 cm³/mol. The fourth-order valence-electron chi connectivity index (χ4n) is 3.15. The van der Waals surface area contributed by atoms with Crippen LogP contribution in [0.3, 0.4) is 0 Å². The number of aliphatic hydroxyl groups is 2. The lowest BCUT2D eigenvalue weighted by Crippen LogP contribution is -2.44. The van der Waals surface area contributed by atoms with Gasteiger partial charge in [0.25, 0.3) is 0 Å². The first-order valence-electron chi connectivity index (χ1n) is 8.57. The molecule has 5 atom stereocenters. The maximum atomic E-state index is 10.0. The molecule has 2 heterocycles. The quantitative estimate of drug-likeness (QED) is 0.761. The van der Waals surface area contributed by atoms with Crippen LogP contribution in [0.2, 0.25) is 0 Å². The summed E-state index contributed by atoms with van der Waals surface area (Å²) < 4.78 is 28.7. The molecular formula is C18H26O7. The van der Waals surface area contributed by atoms with Gasteiger partial charge in [-0.25, -0.2) is 0 Å². The van der Waals surface area contributed by atoms with E-state index in [4.69, 9.17) is 23.7 Å². The molecule has 1 unspecified atom stereocenters. The number of aliphatic hydroxyl groups excluding tert-OH is 2. The fourth-order valence-corrected chi connectivity index (χ4v) is 3.15. The zero-order valence-electron chi connectivity index (χ0n) is 14.8. The molecule has 2 fully saturated rings. The molecule has 2 N–H and O–H groups in total. The molecule has 7 heteroatoms. The first-order valence-corrected chi connectivity index (χ1v) is 8.57. The second-order valence-electron chi connectivity index (χ2n) is 6.67. The highest BCUT2D eigenvalue weighted by molar-refractivity contribution is 5.26. The van der Waals surface area contributed by atoms with Gasteiger partial charge < -0.3 is 33.9 Å². The van der Waals surface area contributed by atoms with Crippen molar-refractivity contribution in [3.05, 3.63) is 29.8 Å². The lowest BCUT2D eigenvalue weighted by atomic mass is 10.1. The number of hydrogen-bond donors (Lipinski definition) is 2. The van der Waals surface area contributed by atoms with Gasteiger partial charge in [-0.3, -0.25) is 0 Å². The van der Waals surface area contributed by atoms with E-state index >= 15 is 0 Å². The number of ether oxygens (including phenoxy) is 5. The molecule has 0 radical (unpaired) electrons. The van der Waals surface area contributed by atoms with Crippen LogP contribution in [0.15, 0.2) is 24.3 Å². The summed E-state index contributed by atoms with van der Waals surface area (Å²) in [4.78, 5) is 0. The molecule has 2 aliphatic rings. The van der Waals surface area contributed by atoms with Crippen LogP contribution in [-0.2, 0) is 25.6 Å². The van der Waals surface area contributed by atoms with E-state index in [0.717, 1.165) is 11.3 Å². The van der Waals surface area contributed by atoms with Gasteiger partial charge in [0.1, 0.15) is 30.2 Å². The van der Waals surface area contributed by atoms with Crippen molar-refractivity contribution < 1.29 is 33.9 Å². The number of rotatable bonds is 7. The molecule has 2 saturated heterocycles. The Morgan fingerprint density at radius 1 is 1.20 bits per heavy atom. The van der Waals surface area contributed by atoms with Crippen molar-refractivity contribution in [1.82, 2.24) is 0 Å². The molecule has 25 heavy (non-hydrogen) atoms. The van der Waals surface area contributed by atoms with Crippen molar-refractivity contribution in [2.45, 2.75) is 63.9 Å². The monoisotopic (exact) mass is 354 g/mol. The van der Waals surface area contributed by atoms with Crippen LogP contribution in [0.4, 0.5) is 0 Å². The molecule has 1 aromatic rings. The molecule has 0 amide bonds. The van der Waals surface area contributed by atoms with Crippen LogP contribution in [-0.4, -0.2) is 59.9 Å². The standard InChI is InChI=1S/C18H26O7/c1-4-21-12-7-5-11(6-8-12)10-22-15-14(13(20)9-19)23-17-16(15)24-18(2,3)25-17/h5-8,13-17,19-20H,4,9-10H2,1-3H3/t13?,14-,15+,16-,17-/m0/s1. The van der Waals surface area contributed by atoms with Gasteiger partial charge in [-0.15, -0.1) is 0 Å². The highest BCUT2D eigenvalue weighted by atomic mass is 16.8. The minimum absolute atomic E-state index is 0.322. The van der Waals surface area contributed by atoms with Crippen molar-refractivity contribution in [3.8, 4) is 5.75 Å². The Morgan fingerprint density at radius 3 is 2.56 bits per heavy atom. The first kappa shape index (κ1) is 18.6. The smallest absolute Gasteiger partial charge is 0.190 e. The molecule has 7 nitrogen and oxygen atoms in total. The summed E-state index contributed by atoms with van der Waals surface area (Å²) in [6.07, 6.45) is -3.39. The molecule has 2 aliphatic heterocycles. The molecule has 3 rings (SSSR count). The number of benzene rings is 1. The fraction of sp³-hybridized carbons (Fsp3) is 0.667. The van der Waals surface area contributed by atoms with Crippen molar-refractivity contribution in [1.29, 1.82) is 0 Å². The number of fused-ring (bicyclic) bond motifs is 1. The van der Waals surface area contributed by atoms with E-state index < -0.39 is 43.1 Å². The van der Waals surface area contributed by atoms with Gasteiger partial charge in [-0.1, -0.05) is 12.1 Å². The Labute approximate surface area is 147 Å². The summed E-state index contributed by atoms with van der Waals surface area (Å²) in [5.74, 6) is 0.0314. The highest BCUT2D eigenvalue weighted by Gasteiger charge is 2.56. The third kappa shape index (κ3) is 4.13. The Balaban J connectivity index is 1.66. The minimum Gasteiger partial charge on any atom is -0.494 e. The van der Waals surface area contributed by atoms with Crippen molar-refractivity contribution in [3.63, 3.8) is 0 Å². The van der Waals surface area contributed by atoms with E-state index in [1.165, 1.54) is 0 Å². The van der Waals surface area contributed by atoms with Gasteiger partial charge in [-0.2, -0.15) is 0 Å². The van der Waals surface area contributed by atoms with Gasteiger partial charge in [-0.05, 0) is 38.5 Å². The van der Waals surface area contributed by atoms with Crippen LogP contribution >= 0.6 is 0 Å². The lowest BCUT2D eigenvalue weighted by molar-refractivity contribution is -0.232. The second kappa shape index (κ2) is 7.57. The number of hydrogen-bond acceptors (Lipinski definition) is 7. The van der Waals surface area contributed by atoms with E-state index in [9.17, 15) is 10.2 Å². The van der Waals surface area contributed by atoms with Gasteiger partial charge in [0.2, 0.25) is 0 Å². The Hall–Kier alpha value is -1.22. The summed E-state index contributed by atoms with van der Waals surface area (Å²) in [7, 11) is 0. The normalized spacial score (nSPS) is 31.7. The van der Waals surface area contributed by atoms with Gasteiger partial charge >= 0.3 is 0 Å². The van der Waals surface area contributed by atoms with Gasteiger partial charge in [0.05, 0.1) is 19.8 Å². The third-order valence-electron chi connectivity index (χ3n) is 4.27. The van der Waals surface area contributed by atoms with Crippen molar-refractivity contribution in [2.24, 2.45) is 0 Å². The van der Waals surface area contributed by atoms with Crippen LogP contribution < -0.4 is 4.74 Å². The molecule has 0 saturated carbocycles. The molecule has 0 spiro atoms. The summed E-state index contributed by atoms with van der Waals surface area (Å²) in [6, 6.07) is 7.61. The molecule has 0 aliphatic carbocycles. The summed E-state index contributed by atoms with van der Waals surface area (Å²) >= 11 is 0. The van der Waals surface area contributed by atoms with E-state index in [0.29, 0.717) is 13.2 Å². The molecule has 140 valence electrons. The maximum absolute atomic E-state index is 10.0. The summed E-state index contributed by atoms with van der Waals surface area (Å²) in [5, 5.41) is 19.3. The van der Waals surface area contributed by atoms with E-state index in [1.54, 1.807) is 13.8 Å². The average molecular weight is 354 g/mol. The summed E-state index contributed by atoms with van der Waals surface area (Å²) in [6.45, 7) is 6.06. The molecule has 1 aromatic carbocycles. The Morgan fingerprint density at radius 2 is 1.92 bits per heavy atom. The van der Waals surface area contributed by atoms with Crippen LogP contribution in [0.25, 0.3) is 0 Å². The SMILES string of the molecule is CCOc1ccc(CO[C@H]2[C@@H]3OC(C)(C)O[C@@H]3O[C@H]2C(O)CO)cc1. The van der Waals surface area contributed by atoms with Gasteiger partial charge in [0.15, 0.2) is 12.1 Å². The van der Waals surface area contributed by atoms with E-state index in [2.05, 4.69) is 0 Å². The van der Waals surface area contributed by atoms with Crippen molar-refractivity contribution in [2.75, 3.05) is 13.2 Å². The Kier molecular flexibility index (Phi) is 5.62. The minimum atomic E-state index is -1.06. The van der Waals surface area contributed by atoms with Crippen LogP contribution in [0.1, 0.15) is 26.3 Å². The maximum Gasteiger partial charge on any atom is 0.190 e. The second-order valence-corrected chi connectivity index (χ2v) is 6.67. The van der Waals surface area contributed by atoms with E-state index in [1.807, 2.05) is 31.2 Å². The molecule has 0 aromatic heterocycles. The predicted octanol–water partition coefficient (Wildman–Crippen LogP) is 1.20. The topological polar surface area (TPSA) is 86.6 Å². The van der Waals surface area contributed by atoms with Crippen LogP contribution in [0.5, 0.6) is 5.75 Å². The highest BCUT2D eigenvalue weighted by Crippen LogP contribution is 2.39. The van der Waals surface area contributed by atoms with E-state index in [-0.39, 0.29) is 0 Å². The van der Waals surface area contributed by atoms with Crippen LogP contribution in [0, 0.1) is 0 Å². The summed E-state index contributed by atoms with van der Waals surface area (Å²) in [5.41, 5.74) is 0.960. The largest absolute Gasteiger partial charge is 0.494 e. The Bertz CT molecular complexity index is 559. The zero-order chi connectivity index (χ0) is 18.0. The van der Waals surface area contributed by atoms with Gasteiger partial charge in [0, 0.05) is 0 Å². The lowest BCUT2D eigenvalue weighted by Gasteiger charge is -2.28. The molecule has 0 bridgehead atoms. The van der Waals surface area contributed by atoms with Crippen molar-refractivity contribution >= 4 is 0 Å². The average Bonchev–Trinajstić information content (AvgIpc) is 3.05. The zero-order valence-corrected chi connectivity index (χ0v) is 14.8.